The molecule has 2 aromatic heterocycles. The van der Waals surface area contributed by atoms with Crippen molar-refractivity contribution in [2.45, 2.75) is 39.0 Å². The molecule has 1 amide bonds. The van der Waals surface area contributed by atoms with Gasteiger partial charge in [0.15, 0.2) is 0 Å². The molecule has 0 fully saturated rings. The van der Waals surface area contributed by atoms with Crippen molar-refractivity contribution in [1.29, 1.82) is 0 Å². The van der Waals surface area contributed by atoms with Gasteiger partial charge in [0.1, 0.15) is 5.76 Å². The summed E-state index contributed by atoms with van der Waals surface area (Å²) in [5, 5.41) is 5.06. The molecule has 2 heterocycles. The first-order chi connectivity index (χ1) is 12.2. The minimum absolute atomic E-state index is 0.0481. The third kappa shape index (κ3) is 3.37. The summed E-state index contributed by atoms with van der Waals surface area (Å²) >= 11 is 1.58. The van der Waals surface area contributed by atoms with Gasteiger partial charge in [0, 0.05) is 5.69 Å². The lowest BCUT2D eigenvalue weighted by molar-refractivity contribution is -0.115. The van der Waals surface area contributed by atoms with Gasteiger partial charge < -0.3 is 9.73 Å². The Kier molecular flexibility index (Phi) is 4.40. The Balaban J connectivity index is 1.50. The molecule has 128 valence electrons. The number of amides is 1. The second-order valence-electron chi connectivity index (χ2n) is 6.37. The monoisotopic (exact) mass is 352 g/mol. The van der Waals surface area contributed by atoms with Crippen LogP contribution >= 0.6 is 11.3 Å². The number of benzene rings is 1. The molecule has 1 aromatic carbocycles. The second kappa shape index (κ2) is 6.84. The van der Waals surface area contributed by atoms with Crippen LogP contribution in [0.15, 0.2) is 40.1 Å². The lowest BCUT2D eigenvalue weighted by Gasteiger charge is -2.19. The van der Waals surface area contributed by atoms with E-state index in [4.69, 9.17) is 4.42 Å². The number of carbonyl (C=O) groups excluding carboxylic acids is 1. The summed E-state index contributed by atoms with van der Waals surface area (Å²) < 4.78 is 5.72. The van der Waals surface area contributed by atoms with E-state index in [-0.39, 0.29) is 12.3 Å². The van der Waals surface area contributed by atoms with E-state index in [0.29, 0.717) is 17.3 Å². The molecule has 25 heavy (non-hydrogen) atoms. The summed E-state index contributed by atoms with van der Waals surface area (Å²) in [5.41, 5.74) is 4.30. The molecule has 0 saturated heterocycles. The summed E-state index contributed by atoms with van der Waals surface area (Å²) in [6.07, 6.45) is 4.79. The topological polar surface area (TPSA) is 55.1 Å². The zero-order valence-corrected chi connectivity index (χ0v) is 15.0. The Morgan fingerprint density at radius 1 is 1.24 bits per heavy atom. The van der Waals surface area contributed by atoms with E-state index >= 15 is 0 Å². The van der Waals surface area contributed by atoms with Gasteiger partial charge in [0.2, 0.25) is 11.8 Å². The SMILES string of the molecule is Cc1oc(-c2cccs2)nc1CC(=O)Nc1cccc2c1CCCC2. The highest BCUT2D eigenvalue weighted by Gasteiger charge is 2.18. The molecule has 0 bridgehead atoms. The molecule has 5 heteroatoms. The van der Waals surface area contributed by atoms with Gasteiger partial charge in [-0.05, 0) is 61.2 Å². The maximum Gasteiger partial charge on any atom is 0.236 e. The third-order valence-electron chi connectivity index (χ3n) is 4.62. The molecule has 4 rings (SSSR count). The number of rotatable bonds is 4. The highest BCUT2D eigenvalue weighted by atomic mass is 32.1. The van der Waals surface area contributed by atoms with Crippen LogP contribution in [0.5, 0.6) is 0 Å². The average Bonchev–Trinajstić information content (AvgIpc) is 3.26. The van der Waals surface area contributed by atoms with E-state index < -0.39 is 0 Å². The molecular weight excluding hydrogens is 332 g/mol. The van der Waals surface area contributed by atoms with Gasteiger partial charge >= 0.3 is 0 Å². The van der Waals surface area contributed by atoms with Crippen LogP contribution in [-0.2, 0) is 24.1 Å². The number of hydrogen-bond donors (Lipinski definition) is 1. The average molecular weight is 352 g/mol. The van der Waals surface area contributed by atoms with Crippen molar-refractivity contribution in [1.82, 2.24) is 4.98 Å². The van der Waals surface area contributed by atoms with Crippen molar-refractivity contribution in [3.63, 3.8) is 0 Å². The van der Waals surface area contributed by atoms with E-state index in [0.717, 1.165) is 23.4 Å². The van der Waals surface area contributed by atoms with Crippen LogP contribution in [0.3, 0.4) is 0 Å². The van der Waals surface area contributed by atoms with Crippen molar-refractivity contribution in [2.24, 2.45) is 0 Å². The third-order valence-corrected chi connectivity index (χ3v) is 5.48. The van der Waals surface area contributed by atoms with E-state index in [2.05, 4.69) is 16.4 Å². The van der Waals surface area contributed by atoms with Crippen LogP contribution in [0.25, 0.3) is 10.8 Å². The lowest BCUT2D eigenvalue weighted by Crippen LogP contribution is -2.17. The van der Waals surface area contributed by atoms with E-state index in [1.165, 1.54) is 24.0 Å². The fourth-order valence-corrected chi connectivity index (χ4v) is 3.99. The fourth-order valence-electron chi connectivity index (χ4n) is 3.34. The van der Waals surface area contributed by atoms with Gasteiger partial charge in [-0.1, -0.05) is 18.2 Å². The van der Waals surface area contributed by atoms with Gasteiger partial charge in [-0.2, -0.15) is 0 Å². The second-order valence-corrected chi connectivity index (χ2v) is 7.32. The van der Waals surface area contributed by atoms with Crippen molar-refractivity contribution in [3.05, 3.63) is 58.3 Å². The van der Waals surface area contributed by atoms with Crippen LogP contribution in [-0.4, -0.2) is 10.9 Å². The Morgan fingerprint density at radius 3 is 2.96 bits per heavy atom. The zero-order valence-electron chi connectivity index (χ0n) is 14.2. The number of nitrogens with one attached hydrogen (secondary N) is 1. The normalized spacial score (nSPS) is 13.5. The first-order valence-electron chi connectivity index (χ1n) is 8.61. The van der Waals surface area contributed by atoms with Crippen molar-refractivity contribution >= 4 is 22.9 Å². The molecule has 1 aliphatic rings. The predicted molar refractivity (Wildman–Crippen MR) is 100.0 cm³/mol. The molecule has 3 aromatic rings. The molecule has 0 aliphatic heterocycles. The number of aromatic nitrogens is 1. The highest BCUT2D eigenvalue weighted by Crippen LogP contribution is 2.29. The lowest BCUT2D eigenvalue weighted by atomic mass is 9.90. The molecule has 1 aliphatic carbocycles. The van der Waals surface area contributed by atoms with Gasteiger partial charge in [-0.15, -0.1) is 11.3 Å². The van der Waals surface area contributed by atoms with Crippen LogP contribution in [0.2, 0.25) is 0 Å². The first kappa shape index (κ1) is 16.1. The smallest absolute Gasteiger partial charge is 0.236 e. The summed E-state index contributed by atoms with van der Waals surface area (Å²) in [6.45, 7) is 1.86. The van der Waals surface area contributed by atoms with Gasteiger partial charge in [0.05, 0.1) is 17.0 Å². The summed E-state index contributed by atoms with van der Waals surface area (Å²) in [5.74, 6) is 1.24. The number of carbonyl (C=O) groups is 1. The Hall–Kier alpha value is -2.40. The van der Waals surface area contributed by atoms with Crippen LogP contribution < -0.4 is 5.32 Å². The van der Waals surface area contributed by atoms with Crippen molar-refractivity contribution < 1.29 is 9.21 Å². The summed E-state index contributed by atoms with van der Waals surface area (Å²) in [7, 11) is 0. The quantitative estimate of drug-likeness (QED) is 0.736. The first-order valence-corrected chi connectivity index (χ1v) is 9.49. The number of hydrogen-bond acceptors (Lipinski definition) is 4. The minimum Gasteiger partial charge on any atom is -0.440 e. The Bertz CT molecular complexity index is 897. The Morgan fingerprint density at radius 2 is 2.12 bits per heavy atom. The molecule has 0 saturated carbocycles. The van der Waals surface area contributed by atoms with E-state index in [1.807, 2.05) is 36.6 Å². The van der Waals surface area contributed by atoms with Crippen molar-refractivity contribution in [2.75, 3.05) is 5.32 Å². The largest absolute Gasteiger partial charge is 0.440 e. The molecular formula is C20H20N2O2S. The minimum atomic E-state index is -0.0481. The maximum atomic E-state index is 12.5. The summed E-state index contributed by atoms with van der Waals surface area (Å²) in [4.78, 5) is 18.0. The number of thiophene rings is 1. The molecule has 0 atom stereocenters. The number of anilines is 1. The van der Waals surface area contributed by atoms with Gasteiger partial charge in [-0.3, -0.25) is 4.79 Å². The number of aryl methyl sites for hydroxylation is 2. The summed E-state index contributed by atoms with van der Waals surface area (Å²) in [6, 6.07) is 10.1. The van der Waals surface area contributed by atoms with E-state index in [9.17, 15) is 4.79 Å². The van der Waals surface area contributed by atoms with Gasteiger partial charge in [0.25, 0.3) is 0 Å². The number of oxazole rings is 1. The predicted octanol–water partition coefficient (Wildman–Crippen LogP) is 4.77. The van der Waals surface area contributed by atoms with E-state index in [1.54, 1.807) is 11.3 Å². The molecule has 0 unspecified atom stereocenters. The van der Waals surface area contributed by atoms with Crippen LogP contribution in [0.4, 0.5) is 5.69 Å². The van der Waals surface area contributed by atoms with Gasteiger partial charge in [-0.25, -0.2) is 4.98 Å². The van der Waals surface area contributed by atoms with Crippen LogP contribution in [0.1, 0.15) is 35.4 Å². The fraction of sp³-hybridized carbons (Fsp3) is 0.300. The van der Waals surface area contributed by atoms with Crippen molar-refractivity contribution in [3.8, 4) is 10.8 Å². The highest BCUT2D eigenvalue weighted by molar-refractivity contribution is 7.13. The zero-order chi connectivity index (χ0) is 17.2. The Labute approximate surface area is 150 Å². The van der Waals surface area contributed by atoms with Crippen LogP contribution in [0, 0.1) is 6.92 Å². The molecule has 1 N–H and O–H groups in total. The number of fused-ring (bicyclic) bond motifs is 1. The maximum absolute atomic E-state index is 12.5. The molecule has 0 spiro atoms. The molecule has 4 nitrogen and oxygen atoms in total. The standard InChI is InChI=1S/C20H20N2O2S/c1-13-17(22-20(24-13)18-10-5-11-25-18)12-19(23)21-16-9-4-7-14-6-2-3-8-15(14)16/h4-5,7,9-11H,2-3,6,8,12H2,1H3,(H,21,23). The molecule has 0 radical (unpaired) electrons. The number of nitrogens with zero attached hydrogens (tertiary/aromatic N) is 1.